The van der Waals surface area contributed by atoms with Crippen LogP contribution in [0.3, 0.4) is 0 Å². The topological polar surface area (TPSA) is 25.2 Å². The van der Waals surface area contributed by atoms with E-state index in [1.54, 1.807) is 11.5 Å². The van der Waals surface area contributed by atoms with Gasteiger partial charge in [0.15, 0.2) is 0 Å². The first-order valence-corrected chi connectivity index (χ1v) is 9.14. The minimum atomic E-state index is 0.146. The summed E-state index contributed by atoms with van der Waals surface area (Å²) < 4.78 is 2.97. The first-order chi connectivity index (χ1) is 11.8. The van der Waals surface area contributed by atoms with Crippen LogP contribution in [0.25, 0.3) is 15.7 Å². The van der Waals surface area contributed by atoms with E-state index in [1.165, 1.54) is 11.1 Å². The predicted molar refractivity (Wildman–Crippen MR) is 102 cm³/mol. The monoisotopic (exact) mass is 336 g/mol. The molecule has 0 unspecified atom stereocenters. The Morgan fingerprint density at radius 1 is 0.958 bits per heavy atom. The van der Waals surface area contributed by atoms with Gasteiger partial charge in [0.2, 0.25) is 0 Å². The van der Waals surface area contributed by atoms with E-state index in [9.17, 15) is 4.79 Å². The average Bonchev–Trinajstić information content (AvgIpc) is 2.97. The fourth-order valence-electron chi connectivity index (χ4n) is 3.23. The van der Waals surface area contributed by atoms with Crippen molar-refractivity contribution in [1.29, 1.82) is 0 Å². The van der Waals surface area contributed by atoms with Crippen LogP contribution in [-0.2, 0) is 6.54 Å². The van der Waals surface area contributed by atoms with Gasteiger partial charge < -0.3 is 0 Å². The molecule has 2 heterocycles. The average molecular weight is 336 g/mol. The maximum Gasteiger partial charge on any atom is 0.268 e. The molecule has 24 heavy (non-hydrogen) atoms. The van der Waals surface area contributed by atoms with Gasteiger partial charge in [-0.2, -0.15) is 0 Å². The Labute approximate surface area is 145 Å². The van der Waals surface area contributed by atoms with Crippen LogP contribution >= 0.6 is 11.5 Å². The van der Waals surface area contributed by atoms with Crippen molar-refractivity contribution < 1.29 is 0 Å². The van der Waals surface area contributed by atoms with Crippen molar-refractivity contribution in [3.8, 4) is 0 Å². The van der Waals surface area contributed by atoms with Crippen molar-refractivity contribution in [2.75, 3.05) is 19.6 Å². The van der Waals surface area contributed by atoms with Crippen LogP contribution in [0.4, 0.5) is 0 Å². The highest BCUT2D eigenvalue weighted by molar-refractivity contribution is 7.13. The maximum atomic E-state index is 12.4. The summed E-state index contributed by atoms with van der Waals surface area (Å²) in [6.07, 6.45) is 3.40. The number of hydrogen-bond donors (Lipinski definition) is 0. The van der Waals surface area contributed by atoms with Crippen LogP contribution in [-0.4, -0.2) is 28.5 Å². The number of benzene rings is 2. The van der Waals surface area contributed by atoms with Crippen LogP contribution in [0.15, 0.2) is 65.5 Å². The summed E-state index contributed by atoms with van der Waals surface area (Å²) in [6, 6.07) is 18.5. The van der Waals surface area contributed by atoms with E-state index >= 15 is 0 Å². The number of hydrogen-bond acceptors (Lipinski definition) is 3. The summed E-state index contributed by atoms with van der Waals surface area (Å²) in [5.74, 6) is 0. The van der Waals surface area contributed by atoms with E-state index in [2.05, 4.69) is 41.3 Å². The molecule has 4 rings (SSSR count). The quantitative estimate of drug-likeness (QED) is 0.723. The van der Waals surface area contributed by atoms with Crippen LogP contribution in [0.1, 0.15) is 12.0 Å². The molecule has 1 aliphatic rings. The van der Waals surface area contributed by atoms with Crippen molar-refractivity contribution in [2.45, 2.75) is 13.0 Å². The summed E-state index contributed by atoms with van der Waals surface area (Å²) in [4.78, 5) is 14.8. The molecule has 122 valence electrons. The lowest BCUT2D eigenvalue weighted by Gasteiger charge is -2.26. The molecule has 0 saturated carbocycles. The van der Waals surface area contributed by atoms with Gasteiger partial charge in [0.05, 0.1) is 10.1 Å². The van der Waals surface area contributed by atoms with E-state index in [0.29, 0.717) is 0 Å². The molecule has 1 aromatic heterocycles. The van der Waals surface area contributed by atoms with E-state index in [1.807, 2.05) is 28.2 Å². The molecule has 2 aromatic carbocycles. The fourth-order valence-corrected chi connectivity index (χ4v) is 4.21. The molecule has 3 aromatic rings. The molecule has 4 heteroatoms. The van der Waals surface area contributed by atoms with Crippen LogP contribution in [0.2, 0.25) is 0 Å². The highest BCUT2D eigenvalue weighted by Gasteiger charge is 2.14. The molecule has 0 aliphatic carbocycles. The first kappa shape index (κ1) is 15.4. The second-order valence-corrected chi connectivity index (χ2v) is 7.20. The summed E-state index contributed by atoms with van der Waals surface area (Å²) in [7, 11) is 0. The SMILES string of the molecule is O=c1c2ccccc2sn1CCN1CC=C(c2ccccc2)CC1. The third kappa shape index (κ3) is 3.07. The van der Waals surface area contributed by atoms with Gasteiger partial charge in [0.25, 0.3) is 5.56 Å². The number of aromatic nitrogens is 1. The van der Waals surface area contributed by atoms with Gasteiger partial charge in [-0.15, -0.1) is 0 Å². The Bertz CT molecular complexity index is 923. The van der Waals surface area contributed by atoms with Crippen LogP contribution < -0.4 is 5.56 Å². The van der Waals surface area contributed by atoms with Gasteiger partial charge in [-0.1, -0.05) is 60.1 Å². The van der Waals surface area contributed by atoms with Crippen molar-refractivity contribution in [2.24, 2.45) is 0 Å². The highest BCUT2D eigenvalue weighted by atomic mass is 32.1. The second-order valence-electron chi connectivity index (χ2n) is 6.14. The third-order valence-electron chi connectivity index (χ3n) is 4.61. The first-order valence-electron chi connectivity index (χ1n) is 8.37. The summed E-state index contributed by atoms with van der Waals surface area (Å²) in [5.41, 5.74) is 2.91. The lowest BCUT2D eigenvalue weighted by atomic mass is 10.00. The van der Waals surface area contributed by atoms with E-state index in [0.717, 1.165) is 42.7 Å². The lowest BCUT2D eigenvalue weighted by Crippen LogP contribution is -2.32. The van der Waals surface area contributed by atoms with E-state index in [-0.39, 0.29) is 5.56 Å². The van der Waals surface area contributed by atoms with Gasteiger partial charge >= 0.3 is 0 Å². The fraction of sp³-hybridized carbons (Fsp3) is 0.250. The molecule has 0 amide bonds. The molecule has 0 radical (unpaired) electrons. The van der Waals surface area contributed by atoms with Crippen molar-refractivity contribution >= 4 is 27.2 Å². The number of fused-ring (bicyclic) bond motifs is 1. The zero-order chi connectivity index (χ0) is 16.4. The minimum absolute atomic E-state index is 0.146. The third-order valence-corrected chi connectivity index (χ3v) is 5.73. The van der Waals surface area contributed by atoms with Crippen molar-refractivity contribution in [1.82, 2.24) is 8.86 Å². The zero-order valence-electron chi connectivity index (χ0n) is 13.5. The molecular weight excluding hydrogens is 316 g/mol. The van der Waals surface area contributed by atoms with Gasteiger partial charge in [0, 0.05) is 26.2 Å². The zero-order valence-corrected chi connectivity index (χ0v) is 14.3. The summed E-state index contributed by atoms with van der Waals surface area (Å²) >= 11 is 1.57. The van der Waals surface area contributed by atoms with Crippen LogP contribution in [0, 0.1) is 0 Å². The predicted octanol–water partition coefficient (Wildman–Crippen LogP) is 3.85. The van der Waals surface area contributed by atoms with Gasteiger partial charge in [-0.25, -0.2) is 0 Å². The normalized spacial score (nSPS) is 15.6. The molecule has 1 aliphatic heterocycles. The Balaban J connectivity index is 1.41. The molecule has 0 spiro atoms. The summed E-state index contributed by atoms with van der Waals surface area (Å²) in [6.45, 7) is 3.71. The standard InChI is InChI=1S/C20H20N2OS/c23-20-18-8-4-5-9-19(18)24-22(20)15-14-21-12-10-17(11-13-21)16-6-2-1-3-7-16/h1-10H,11-15H2. The van der Waals surface area contributed by atoms with E-state index in [4.69, 9.17) is 0 Å². The lowest BCUT2D eigenvalue weighted by molar-refractivity contribution is 0.291. The molecular formula is C20H20N2OS. The van der Waals surface area contributed by atoms with Crippen LogP contribution in [0.5, 0.6) is 0 Å². The molecule has 0 bridgehead atoms. The largest absolute Gasteiger partial charge is 0.298 e. The molecule has 3 nitrogen and oxygen atoms in total. The Kier molecular flexibility index (Phi) is 4.32. The van der Waals surface area contributed by atoms with Gasteiger partial charge in [0.1, 0.15) is 0 Å². The second kappa shape index (κ2) is 6.75. The number of nitrogens with zero attached hydrogens (tertiary/aromatic N) is 2. The minimum Gasteiger partial charge on any atom is -0.298 e. The Morgan fingerprint density at radius 3 is 2.50 bits per heavy atom. The Hall–Kier alpha value is -2.17. The summed E-state index contributed by atoms with van der Waals surface area (Å²) in [5, 5.41) is 0.840. The van der Waals surface area contributed by atoms with Gasteiger partial charge in [-0.3, -0.25) is 13.7 Å². The number of rotatable bonds is 4. The molecule has 0 saturated heterocycles. The van der Waals surface area contributed by atoms with Gasteiger partial charge in [-0.05, 0) is 29.7 Å². The van der Waals surface area contributed by atoms with Crippen molar-refractivity contribution in [3.63, 3.8) is 0 Å². The maximum absolute atomic E-state index is 12.4. The smallest absolute Gasteiger partial charge is 0.268 e. The Morgan fingerprint density at radius 2 is 1.75 bits per heavy atom. The molecule has 0 atom stereocenters. The molecule has 0 fully saturated rings. The molecule has 0 N–H and O–H groups in total. The van der Waals surface area contributed by atoms with E-state index < -0.39 is 0 Å². The highest BCUT2D eigenvalue weighted by Crippen LogP contribution is 2.22. The van der Waals surface area contributed by atoms with Crippen molar-refractivity contribution in [3.05, 3.63) is 76.6 Å².